The third kappa shape index (κ3) is 3.39. The van der Waals surface area contributed by atoms with Crippen LogP contribution in [-0.4, -0.2) is 60.2 Å². The van der Waals surface area contributed by atoms with Gasteiger partial charge in [-0.2, -0.15) is 0 Å². The molecule has 2 amide bonds. The summed E-state index contributed by atoms with van der Waals surface area (Å²) in [6.45, 7) is 2.91. The Kier molecular flexibility index (Phi) is 4.79. The van der Waals surface area contributed by atoms with Gasteiger partial charge in [0.2, 0.25) is 11.8 Å². The molecule has 0 bridgehead atoms. The minimum atomic E-state index is -0.00540. The summed E-state index contributed by atoms with van der Waals surface area (Å²) < 4.78 is 0. The summed E-state index contributed by atoms with van der Waals surface area (Å²) in [5.74, 6) is 1.32. The third-order valence-electron chi connectivity index (χ3n) is 4.71. The zero-order chi connectivity index (χ0) is 17.9. The second-order valence-corrected chi connectivity index (χ2v) is 7.31. The van der Waals surface area contributed by atoms with Gasteiger partial charge in [0.25, 0.3) is 0 Å². The maximum Gasteiger partial charge on any atom is 0.242 e. The van der Waals surface area contributed by atoms with Gasteiger partial charge in [-0.25, -0.2) is 4.98 Å². The van der Waals surface area contributed by atoms with Crippen molar-refractivity contribution in [2.24, 2.45) is 0 Å². The molecule has 2 aliphatic rings. The highest BCUT2D eigenvalue weighted by molar-refractivity contribution is 8.00. The molecule has 1 saturated heterocycles. The second kappa shape index (κ2) is 7.37. The summed E-state index contributed by atoms with van der Waals surface area (Å²) in [4.78, 5) is 36.2. The summed E-state index contributed by atoms with van der Waals surface area (Å²) in [6, 6.07) is 13.6. The van der Waals surface area contributed by atoms with E-state index in [4.69, 9.17) is 0 Å². The Bertz CT molecular complexity index is 806. The van der Waals surface area contributed by atoms with Crippen molar-refractivity contribution in [3.05, 3.63) is 48.7 Å². The van der Waals surface area contributed by atoms with Gasteiger partial charge in [0.1, 0.15) is 12.4 Å². The number of hydrogen-bond donors (Lipinski definition) is 0. The number of aromatic nitrogens is 1. The molecule has 1 aromatic heterocycles. The van der Waals surface area contributed by atoms with Crippen LogP contribution >= 0.6 is 11.8 Å². The molecule has 3 heterocycles. The Morgan fingerprint density at radius 2 is 1.81 bits per heavy atom. The number of benzene rings is 1. The summed E-state index contributed by atoms with van der Waals surface area (Å²) in [5.41, 5.74) is 0.842. The molecule has 0 atom stereocenters. The minimum Gasteiger partial charge on any atom is -0.353 e. The Hall–Kier alpha value is -2.54. The fourth-order valence-corrected chi connectivity index (χ4v) is 4.22. The molecule has 0 N–H and O–H groups in total. The molecule has 2 aliphatic heterocycles. The van der Waals surface area contributed by atoms with Gasteiger partial charge in [0.15, 0.2) is 0 Å². The number of fused-ring (bicyclic) bond motifs is 1. The highest BCUT2D eigenvalue weighted by Gasteiger charge is 2.29. The molecule has 134 valence electrons. The molecule has 1 fully saturated rings. The fraction of sp³-hybridized carbons (Fsp3) is 0.316. The highest BCUT2D eigenvalue weighted by atomic mass is 32.2. The van der Waals surface area contributed by atoms with Crippen molar-refractivity contribution in [1.82, 2.24) is 9.88 Å². The van der Waals surface area contributed by atoms with Gasteiger partial charge in [0.05, 0.1) is 11.4 Å². The van der Waals surface area contributed by atoms with Crippen LogP contribution in [0.3, 0.4) is 0 Å². The van der Waals surface area contributed by atoms with E-state index >= 15 is 0 Å². The molecular formula is C19H20N4O2S. The van der Waals surface area contributed by atoms with E-state index in [0.29, 0.717) is 18.8 Å². The number of anilines is 2. The van der Waals surface area contributed by atoms with Gasteiger partial charge in [-0.15, -0.1) is 11.8 Å². The molecule has 1 aromatic carbocycles. The number of thioether (sulfide) groups is 1. The van der Waals surface area contributed by atoms with E-state index in [0.717, 1.165) is 29.5 Å². The predicted molar refractivity (Wildman–Crippen MR) is 103 cm³/mol. The average molecular weight is 368 g/mol. The number of hydrogen-bond acceptors (Lipinski definition) is 5. The number of carbonyl (C=O) groups is 2. The molecule has 2 aromatic rings. The molecule has 0 aliphatic carbocycles. The van der Waals surface area contributed by atoms with E-state index in [1.807, 2.05) is 47.4 Å². The van der Waals surface area contributed by atoms with Gasteiger partial charge in [-0.3, -0.25) is 9.59 Å². The zero-order valence-corrected chi connectivity index (χ0v) is 15.2. The molecule has 0 saturated carbocycles. The predicted octanol–water partition coefficient (Wildman–Crippen LogP) is 1.87. The van der Waals surface area contributed by atoms with Crippen LogP contribution in [0.1, 0.15) is 0 Å². The Balaban J connectivity index is 1.40. The first-order valence-corrected chi connectivity index (χ1v) is 9.67. The molecular weight excluding hydrogens is 348 g/mol. The van der Waals surface area contributed by atoms with Crippen molar-refractivity contribution in [3.8, 4) is 0 Å². The number of rotatable bonds is 3. The fourth-order valence-electron chi connectivity index (χ4n) is 3.29. The van der Waals surface area contributed by atoms with E-state index in [1.165, 1.54) is 11.8 Å². The van der Waals surface area contributed by atoms with Crippen molar-refractivity contribution in [2.75, 3.05) is 48.3 Å². The van der Waals surface area contributed by atoms with Crippen molar-refractivity contribution < 1.29 is 9.59 Å². The van der Waals surface area contributed by atoms with Crippen LogP contribution in [0.25, 0.3) is 0 Å². The molecule has 0 radical (unpaired) electrons. The number of carbonyl (C=O) groups excluding carboxylic acids is 2. The molecule has 6 nitrogen and oxygen atoms in total. The summed E-state index contributed by atoms with van der Waals surface area (Å²) in [5, 5.41) is 0. The van der Waals surface area contributed by atoms with Crippen molar-refractivity contribution >= 4 is 35.1 Å². The first-order chi connectivity index (χ1) is 12.7. The number of para-hydroxylation sites is 1. The number of pyridine rings is 1. The van der Waals surface area contributed by atoms with Crippen molar-refractivity contribution in [1.29, 1.82) is 0 Å². The quantitative estimate of drug-likeness (QED) is 0.828. The van der Waals surface area contributed by atoms with Crippen LogP contribution < -0.4 is 9.80 Å². The van der Waals surface area contributed by atoms with Crippen LogP contribution in [0.15, 0.2) is 53.6 Å². The van der Waals surface area contributed by atoms with Gasteiger partial charge in [-0.1, -0.05) is 18.2 Å². The van der Waals surface area contributed by atoms with Crippen LogP contribution in [0.2, 0.25) is 0 Å². The van der Waals surface area contributed by atoms with Crippen LogP contribution in [-0.2, 0) is 9.59 Å². The first kappa shape index (κ1) is 16.9. The molecule has 26 heavy (non-hydrogen) atoms. The molecule has 4 rings (SSSR count). The first-order valence-electron chi connectivity index (χ1n) is 8.68. The monoisotopic (exact) mass is 368 g/mol. The smallest absolute Gasteiger partial charge is 0.242 e. The van der Waals surface area contributed by atoms with E-state index in [2.05, 4.69) is 9.88 Å². The third-order valence-corrected chi connectivity index (χ3v) is 5.75. The van der Waals surface area contributed by atoms with Gasteiger partial charge in [0, 0.05) is 37.3 Å². The lowest BCUT2D eigenvalue weighted by molar-refractivity contribution is -0.131. The molecule has 0 unspecified atom stereocenters. The van der Waals surface area contributed by atoms with Gasteiger partial charge < -0.3 is 14.7 Å². The maximum absolute atomic E-state index is 12.8. The number of piperazine rings is 1. The Labute approximate surface area is 156 Å². The van der Waals surface area contributed by atoms with Crippen LogP contribution in [0.5, 0.6) is 0 Å². The second-order valence-electron chi connectivity index (χ2n) is 6.29. The summed E-state index contributed by atoms with van der Waals surface area (Å²) in [7, 11) is 0. The molecule has 0 spiro atoms. The molecule has 7 heteroatoms. The highest BCUT2D eigenvalue weighted by Crippen LogP contribution is 2.34. The number of amides is 2. The summed E-state index contributed by atoms with van der Waals surface area (Å²) in [6.07, 6.45) is 1.78. The number of nitrogens with zero attached hydrogens (tertiary/aromatic N) is 4. The van der Waals surface area contributed by atoms with Gasteiger partial charge in [-0.05, 0) is 24.3 Å². The van der Waals surface area contributed by atoms with Crippen LogP contribution in [0.4, 0.5) is 11.5 Å². The van der Waals surface area contributed by atoms with E-state index < -0.39 is 0 Å². The van der Waals surface area contributed by atoms with E-state index in [9.17, 15) is 9.59 Å². The lowest BCUT2D eigenvalue weighted by atomic mass is 10.2. The van der Waals surface area contributed by atoms with E-state index in [-0.39, 0.29) is 18.4 Å². The SMILES string of the molecule is O=C(CN1C(=O)CSc2ccccc21)N1CCN(c2ccccn2)CC1. The normalized spacial score (nSPS) is 17.2. The largest absolute Gasteiger partial charge is 0.353 e. The van der Waals surface area contributed by atoms with Crippen molar-refractivity contribution in [3.63, 3.8) is 0 Å². The lowest BCUT2D eigenvalue weighted by Crippen LogP contribution is -2.52. The van der Waals surface area contributed by atoms with Gasteiger partial charge >= 0.3 is 0 Å². The topological polar surface area (TPSA) is 56.8 Å². The summed E-state index contributed by atoms with van der Waals surface area (Å²) >= 11 is 1.53. The maximum atomic E-state index is 12.8. The average Bonchev–Trinajstić information content (AvgIpc) is 2.71. The standard InChI is InChI=1S/C19H20N4O2S/c24-18(13-23-15-5-1-2-6-16(15)26-14-19(23)25)22-11-9-21(10-12-22)17-7-3-4-8-20-17/h1-8H,9-14H2. The lowest BCUT2D eigenvalue weighted by Gasteiger charge is -2.37. The zero-order valence-electron chi connectivity index (χ0n) is 14.4. The Morgan fingerprint density at radius 3 is 2.58 bits per heavy atom. The Morgan fingerprint density at radius 1 is 1.04 bits per heavy atom. The minimum absolute atomic E-state index is 0.000670. The van der Waals surface area contributed by atoms with Crippen LogP contribution in [0, 0.1) is 0 Å². The van der Waals surface area contributed by atoms with E-state index in [1.54, 1.807) is 11.1 Å². The van der Waals surface area contributed by atoms with Crippen molar-refractivity contribution in [2.45, 2.75) is 4.90 Å².